The first-order valence-corrected chi connectivity index (χ1v) is 6.91. The maximum Gasteiger partial charge on any atom is 0.293 e. The lowest BCUT2D eigenvalue weighted by Gasteiger charge is -2.20. The molecule has 1 saturated carbocycles. The molecule has 1 N–H and O–H groups in total. The molecule has 0 aromatic heterocycles. The third-order valence-corrected chi connectivity index (χ3v) is 3.58. The maximum atomic E-state index is 10.9. The van der Waals surface area contributed by atoms with Crippen molar-refractivity contribution < 1.29 is 4.92 Å². The van der Waals surface area contributed by atoms with Gasteiger partial charge in [0.25, 0.3) is 5.69 Å². The summed E-state index contributed by atoms with van der Waals surface area (Å²) >= 11 is 5.78. The fraction of sp³-hybridized carbons (Fsp3) is 0.538. The highest BCUT2D eigenvalue weighted by atomic mass is 35.5. The molecule has 1 aliphatic rings. The maximum absolute atomic E-state index is 10.9. The molecule has 0 bridgehead atoms. The van der Waals surface area contributed by atoms with Gasteiger partial charge < -0.3 is 5.32 Å². The molecule has 6 heteroatoms. The molecule has 0 heterocycles. The summed E-state index contributed by atoms with van der Waals surface area (Å²) < 4.78 is 0. The lowest BCUT2D eigenvalue weighted by molar-refractivity contribution is -0.383. The number of nitrogens with one attached hydrogen (secondary N) is 1. The number of hydrogen-bond donors (Lipinski definition) is 1. The summed E-state index contributed by atoms with van der Waals surface area (Å²) in [6.45, 7) is 4.77. The Hall–Kier alpha value is -1.33. The van der Waals surface area contributed by atoms with E-state index in [0.717, 1.165) is 13.1 Å². The normalized spacial score (nSPS) is 14.7. The topological polar surface area (TPSA) is 58.4 Å². The minimum absolute atomic E-state index is 0.0296. The second-order valence-electron chi connectivity index (χ2n) is 4.71. The predicted octanol–water partition coefficient (Wildman–Crippen LogP) is 3.14. The van der Waals surface area contributed by atoms with Crippen molar-refractivity contribution in [3.05, 3.63) is 33.3 Å². The molecule has 104 valence electrons. The van der Waals surface area contributed by atoms with Crippen LogP contribution in [0.3, 0.4) is 0 Å². The van der Waals surface area contributed by atoms with E-state index in [1.807, 2.05) is 0 Å². The minimum atomic E-state index is -0.410. The molecule has 0 unspecified atom stereocenters. The second-order valence-corrected chi connectivity index (χ2v) is 5.14. The molecule has 0 spiro atoms. The zero-order valence-electron chi connectivity index (χ0n) is 10.9. The Bertz CT molecular complexity index is 463. The summed E-state index contributed by atoms with van der Waals surface area (Å²) in [5, 5.41) is 14.4. The van der Waals surface area contributed by atoms with Gasteiger partial charge in [0.15, 0.2) is 0 Å². The first kappa shape index (κ1) is 14.1. The average molecular weight is 284 g/mol. The van der Waals surface area contributed by atoms with Crippen LogP contribution in [0.25, 0.3) is 0 Å². The molecule has 0 aliphatic heterocycles. The lowest BCUT2D eigenvalue weighted by atomic mass is 10.2. The Kier molecular flexibility index (Phi) is 4.61. The SMILES string of the molecule is CCN(CCNc1ccc(Cl)cc1[N+](=O)[O-])C1CC1. The van der Waals surface area contributed by atoms with Gasteiger partial charge in [-0.05, 0) is 31.5 Å². The van der Waals surface area contributed by atoms with E-state index in [2.05, 4.69) is 17.1 Å². The zero-order chi connectivity index (χ0) is 13.8. The monoisotopic (exact) mass is 283 g/mol. The predicted molar refractivity (Wildman–Crippen MR) is 76.9 cm³/mol. The Morgan fingerprint density at radius 3 is 2.84 bits per heavy atom. The number of nitro benzene ring substituents is 1. The fourth-order valence-electron chi connectivity index (χ4n) is 2.18. The van der Waals surface area contributed by atoms with Crippen LogP contribution in [-0.4, -0.2) is 35.5 Å². The van der Waals surface area contributed by atoms with E-state index >= 15 is 0 Å². The van der Waals surface area contributed by atoms with E-state index in [1.165, 1.54) is 18.9 Å². The second kappa shape index (κ2) is 6.21. The quantitative estimate of drug-likeness (QED) is 0.617. The zero-order valence-corrected chi connectivity index (χ0v) is 11.7. The van der Waals surface area contributed by atoms with Crippen LogP contribution in [0.4, 0.5) is 11.4 Å². The summed E-state index contributed by atoms with van der Waals surface area (Å²) in [6.07, 6.45) is 2.55. The van der Waals surface area contributed by atoms with Gasteiger partial charge in [0.05, 0.1) is 4.92 Å². The highest BCUT2D eigenvalue weighted by molar-refractivity contribution is 6.30. The number of anilines is 1. The standard InChI is InChI=1S/C13H18ClN3O2/c1-2-16(11-4-5-11)8-7-15-12-6-3-10(14)9-13(12)17(18)19/h3,6,9,11,15H,2,4-5,7-8H2,1H3. The molecule has 0 amide bonds. The van der Waals surface area contributed by atoms with Crippen molar-refractivity contribution >= 4 is 23.0 Å². The molecule has 0 radical (unpaired) electrons. The van der Waals surface area contributed by atoms with Crippen LogP contribution >= 0.6 is 11.6 Å². The summed E-state index contributed by atoms with van der Waals surface area (Å²) in [5.41, 5.74) is 0.559. The average Bonchev–Trinajstić information content (AvgIpc) is 3.20. The number of hydrogen-bond acceptors (Lipinski definition) is 4. The third-order valence-electron chi connectivity index (χ3n) is 3.34. The molecule has 1 aliphatic carbocycles. The van der Waals surface area contributed by atoms with Crippen LogP contribution in [0.15, 0.2) is 18.2 Å². The number of rotatable bonds is 7. The van der Waals surface area contributed by atoms with E-state index < -0.39 is 4.92 Å². The third kappa shape index (κ3) is 3.81. The molecule has 0 saturated heterocycles. The highest BCUT2D eigenvalue weighted by Gasteiger charge is 2.27. The van der Waals surface area contributed by atoms with Crippen LogP contribution in [0.2, 0.25) is 5.02 Å². The van der Waals surface area contributed by atoms with Crippen LogP contribution in [0.1, 0.15) is 19.8 Å². The van der Waals surface area contributed by atoms with E-state index in [4.69, 9.17) is 11.6 Å². The van der Waals surface area contributed by atoms with Crippen molar-refractivity contribution in [3.63, 3.8) is 0 Å². The smallest absolute Gasteiger partial charge is 0.293 e. The molecule has 1 aromatic rings. The van der Waals surface area contributed by atoms with Crippen molar-refractivity contribution in [2.24, 2.45) is 0 Å². The number of nitrogens with zero attached hydrogens (tertiary/aromatic N) is 2. The molecule has 19 heavy (non-hydrogen) atoms. The van der Waals surface area contributed by atoms with E-state index in [9.17, 15) is 10.1 Å². The van der Waals surface area contributed by atoms with Crippen molar-refractivity contribution in [2.45, 2.75) is 25.8 Å². The highest BCUT2D eigenvalue weighted by Crippen LogP contribution is 2.28. The molecule has 2 rings (SSSR count). The first-order valence-electron chi connectivity index (χ1n) is 6.53. The number of nitro groups is 1. The molecular weight excluding hydrogens is 266 g/mol. The first-order chi connectivity index (χ1) is 9.11. The number of likely N-dealkylation sites (N-methyl/N-ethyl adjacent to an activating group) is 1. The van der Waals surface area contributed by atoms with Crippen LogP contribution in [0, 0.1) is 10.1 Å². The molecule has 1 fully saturated rings. The molecule has 1 aromatic carbocycles. The van der Waals surface area contributed by atoms with E-state index in [-0.39, 0.29) is 5.69 Å². The van der Waals surface area contributed by atoms with Gasteiger partial charge >= 0.3 is 0 Å². The Morgan fingerprint density at radius 1 is 1.53 bits per heavy atom. The lowest BCUT2D eigenvalue weighted by Crippen LogP contribution is -2.30. The van der Waals surface area contributed by atoms with Crippen molar-refractivity contribution in [2.75, 3.05) is 25.0 Å². The number of halogens is 1. The van der Waals surface area contributed by atoms with Crippen LogP contribution in [0.5, 0.6) is 0 Å². The van der Waals surface area contributed by atoms with Crippen molar-refractivity contribution in [1.29, 1.82) is 0 Å². The molecule has 5 nitrogen and oxygen atoms in total. The Labute approximate surface area is 117 Å². The Balaban J connectivity index is 1.93. The van der Waals surface area contributed by atoms with Gasteiger partial charge in [-0.1, -0.05) is 18.5 Å². The minimum Gasteiger partial charge on any atom is -0.378 e. The van der Waals surface area contributed by atoms with Crippen molar-refractivity contribution in [1.82, 2.24) is 4.90 Å². The van der Waals surface area contributed by atoms with E-state index in [0.29, 0.717) is 23.3 Å². The Morgan fingerprint density at radius 2 is 2.26 bits per heavy atom. The van der Waals surface area contributed by atoms with Gasteiger partial charge in [-0.25, -0.2) is 0 Å². The van der Waals surface area contributed by atoms with Gasteiger partial charge in [0.2, 0.25) is 0 Å². The summed E-state index contributed by atoms with van der Waals surface area (Å²) in [5.74, 6) is 0. The largest absolute Gasteiger partial charge is 0.378 e. The van der Waals surface area contributed by atoms with Gasteiger partial charge in [-0.3, -0.25) is 15.0 Å². The fourth-order valence-corrected chi connectivity index (χ4v) is 2.34. The summed E-state index contributed by atoms with van der Waals surface area (Å²) in [4.78, 5) is 12.9. The number of benzene rings is 1. The summed E-state index contributed by atoms with van der Waals surface area (Å²) in [7, 11) is 0. The van der Waals surface area contributed by atoms with Gasteiger partial charge in [-0.15, -0.1) is 0 Å². The van der Waals surface area contributed by atoms with E-state index in [1.54, 1.807) is 12.1 Å². The van der Waals surface area contributed by atoms with Gasteiger partial charge in [0, 0.05) is 30.2 Å². The summed E-state index contributed by atoms with van der Waals surface area (Å²) in [6, 6.07) is 5.41. The van der Waals surface area contributed by atoms with Gasteiger partial charge in [0.1, 0.15) is 5.69 Å². The molecular formula is C13H18ClN3O2. The van der Waals surface area contributed by atoms with Crippen LogP contribution < -0.4 is 5.32 Å². The van der Waals surface area contributed by atoms with Gasteiger partial charge in [-0.2, -0.15) is 0 Å². The molecule has 0 atom stereocenters. The van der Waals surface area contributed by atoms with Crippen molar-refractivity contribution in [3.8, 4) is 0 Å². The van der Waals surface area contributed by atoms with Crippen LogP contribution in [-0.2, 0) is 0 Å².